The number of phenols is 1. The van der Waals surface area contributed by atoms with Gasteiger partial charge in [0.15, 0.2) is 17.5 Å². The Balaban J connectivity index is 1.17. The van der Waals surface area contributed by atoms with E-state index in [1.807, 2.05) is 0 Å². The summed E-state index contributed by atoms with van der Waals surface area (Å²) < 4.78 is 9.04. The molecule has 4 heterocycles. The highest BCUT2D eigenvalue weighted by Gasteiger charge is 2.32. The predicted molar refractivity (Wildman–Crippen MR) is 394 cm³/mol. The fourth-order valence-corrected chi connectivity index (χ4v) is 12.9. The van der Waals surface area contributed by atoms with Crippen LogP contribution in [0.1, 0.15) is 0 Å². The summed E-state index contributed by atoms with van der Waals surface area (Å²) >= 11 is 1.16. The molecule has 12 aromatic rings. The molecule has 0 aliphatic carbocycles. The average Bonchev–Trinajstić information content (AvgIpc) is 1.54. The first-order valence-electron chi connectivity index (χ1n) is 25.2. The molecule has 87 heavy (non-hydrogen) atoms. The van der Waals surface area contributed by atoms with Gasteiger partial charge in [0, 0.05) is 64.4 Å². The zero-order valence-corrected chi connectivity index (χ0v) is 46.1. The van der Waals surface area contributed by atoms with Crippen LogP contribution in [-0.4, -0.2) is 252 Å². The van der Waals surface area contributed by atoms with Crippen molar-refractivity contribution in [1.82, 2.24) is 19.5 Å². The third kappa shape index (κ3) is 8.11. The number of rotatable bonds is 5. The van der Waals surface area contributed by atoms with E-state index in [9.17, 15) is 5.11 Å². The third-order valence-electron chi connectivity index (χ3n) is 16.2. The molecule has 6 nitrogen and oxygen atoms in total. The molecule has 58 radical (unpaired) electrons. The quantitative estimate of drug-likeness (QED) is 0.174. The van der Waals surface area contributed by atoms with E-state index < -0.39 is 5.75 Å². The van der Waals surface area contributed by atoms with Crippen molar-refractivity contribution in [2.75, 3.05) is 0 Å². The molecule has 0 saturated carbocycles. The molecule has 0 saturated heterocycles. The van der Waals surface area contributed by atoms with Crippen molar-refractivity contribution < 1.29 is 9.52 Å². The molecule has 0 unspecified atom stereocenters. The van der Waals surface area contributed by atoms with Crippen LogP contribution in [0, 0.1) is 0 Å². The van der Waals surface area contributed by atoms with Gasteiger partial charge in [-0.3, -0.25) is 0 Å². The number of thiophene rings is 1. The van der Waals surface area contributed by atoms with Gasteiger partial charge in [0.05, 0.1) is 0 Å². The SMILES string of the molecule is [B]c1c([B])c([B])c(-c2nc(-c3c([B])c([B])c(-c4c([B])c([B])c([B])c(O)c4[B])c([B])c3[B])nc(-c3c([B])c([B])c4c(oc5c([B])c(-n6c7c([B])c([B])c([B])c([B])c7c7c8sc9c([B])c([B])c([B])c([B])c9c8c([B])c([B])c76)c([B])c([B])c54)c3[B])n2)c([B])c1[B]. The van der Waals surface area contributed by atoms with Gasteiger partial charge < -0.3 is 14.1 Å². The number of benzene rings is 8. The smallest absolute Gasteiger partial charge is 0.163 e. The molecule has 0 aliphatic rings. The normalized spacial score (nSPS) is 11.9. The van der Waals surface area contributed by atoms with Crippen molar-refractivity contribution in [3.8, 4) is 56.7 Å². The first-order chi connectivity index (χ1) is 40.7. The summed E-state index contributed by atoms with van der Waals surface area (Å²) in [5.41, 5.74) is -5.70. The minimum absolute atomic E-state index is 0.0187. The second kappa shape index (κ2) is 20.9. The van der Waals surface area contributed by atoms with E-state index in [-0.39, 0.29) is 248 Å². The summed E-state index contributed by atoms with van der Waals surface area (Å²) in [6.45, 7) is 0. The Morgan fingerprint density at radius 1 is 0.253 bits per heavy atom. The van der Waals surface area contributed by atoms with Gasteiger partial charge in [0.2, 0.25) is 0 Å². The fourth-order valence-electron chi connectivity index (χ4n) is 11.5. The zero-order valence-electron chi connectivity index (χ0n) is 45.3. The van der Waals surface area contributed by atoms with E-state index in [2.05, 4.69) is 0 Å². The van der Waals surface area contributed by atoms with Crippen LogP contribution in [0.3, 0.4) is 0 Å². The van der Waals surface area contributed by atoms with Gasteiger partial charge in [0.25, 0.3) is 0 Å². The lowest BCUT2D eigenvalue weighted by Gasteiger charge is -2.27. The topological polar surface area (TPSA) is 77.0 Å². The van der Waals surface area contributed by atoms with Crippen molar-refractivity contribution in [3.05, 3.63) is 0 Å². The standard InChI is InChI=1S/C51HB29N4O2S/c52-12-1(2-14(54)31(71)38(78)44(85)25(2)65)13(53)21(61)9(20(12)60)49-81-50(10-23(63)29(69)32(72)30(70)24(10)64)83-51(82-49)11-22(62)16(56)4-5-17(57)36(76)43(40(80)46(5)86-45(4)26(11)66)84-41-3(15(55)27(67)33(73)37(41)77)8-42(84)35(75)19(59)6-7-18(58)28(68)34(74)39(79)48(7)87-47(6)8/h85H. The van der Waals surface area contributed by atoms with Crippen LogP contribution in [0.5, 0.6) is 5.75 Å². The molecule has 12 rings (SSSR count). The lowest BCUT2D eigenvalue weighted by molar-refractivity contribution is 0.484. The van der Waals surface area contributed by atoms with Crippen LogP contribution in [-0.2, 0) is 0 Å². The molecule has 0 bridgehead atoms. The zero-order chi connectivity index (χ0) is 63.6. The van der Waals surface area contributed by atoms with E-state index in [1.54, 1.807) is 0 Å². The number of aromatic hydroxyl groups is 1. The molecule has 1 N–H and O–H groups in total. The summed E-state index contributed by atoms with van der Waals surface area (Å²) in [5, 5.41) is 12.2. The Kier molecular flexibility index (Phi) is 14.8. The maximum Gasteiger partial charge on any atom is 0.163 e. The molecule has 0 spiro atoms. The lowest BCUT2D eigenvalue weighted by Crippen LogP contribution is -2.55. The number of nitrogens with zero attached hydrogens (tertiary/aromatic N) is 4. The molecule has 8 aromatic carbocycles. The van der Waals surface area contributed by atoms with Crippen molar-refractivity contribution in [2.45, 2.75) is 0 Å². The Morgan fingerprint density at radius 2 is 0.563 bits per heavy atom. The van der Waals surface area contributed by atoms with E-state index in [1.165, 1.54) is 4.57 Å². The van der Waals surface area contributed by atoms with Crippen LogP contribution < -0.4 is 158 Å². The number of aromatic nitrogens is 4. The van der Waals surface area contributed by atoms with Crippen LogP contribution in [0.2, 0.25) is 0 Å². The van der Waals surface area contributed by atoms with Crippen LogP contribution in [0.15, 0.2) is 4.42 Å². The average molecular weight is 1050 g/mol. The second-order valence-electron chi connectivity index (χ2n) is 20.7. The number of hydrogen-bond acceptors (Lipinski definition) is 6. The van der Waals surface area contributed by atoms with E-state index in [0.717, 1.165) is 11.3 Å². The fraction of sp³-hybridized carbons (Fsp3) is 0. The highest BCUT2D eigenvalue weighted by atomic mass is 32.1. The van der Waals surface area contributed by atoms with Crippen molar-refractivity contribution in [1.29, 1.82) is 0 Å². The summed E-state index contributed by atoms with van der Waals surface area (Å²) in [6.07, 6.45) is 0. The maximum absolute atomic E-state index is 10.8. The highest BCUT2D eigenvalue weighted by molar-refractivity contribution is 7.28. The van der Waals surface area contributed by atoms with Gasteiger partial charge in [-0.25, -0.2) is 15.0 Å². The molecule has 4 aromatic heterocycles. The Labute approximate surface area is 543 Å². The number of furan rings is 1. The molecule has 0 fully saturated rings. The van der Waals surface area contributed by atoms with Gasteiger partial charge in [-0.1, -0.05) is 98.3 Å². The first-order valence-corrected chi connectivity index (χ1v) is 26.0. The maximum atomic E-state index is 10.8. The summed E-state index contributed by atoms with van der Waals surface area (Å²) in [5.74, 6) is -1.72. The largest absolute Gasteiger partial charge is 0.509 e. The Hall–Kier alpha value is -5.73. The van der Waals surface area contributed by atoms with Gasteiger partial charge in [-0.15, -0.1) is 55.0 Å². The molecular formula is C51HB29N4O2S. The van der Waals surface area contributed by atoms with Crippen LogP contribution in [0.25, 0.3) is 115 Å². The van der Waals surface area contributed by atoms with E-state index in [4.69, 9.17) is 247 Å². The summed E-state index contributed by atoms with van der Waals surface area (Å²) in [4.78, 5) is 14.2. The lowest BCUT2D eigenvalue weighted by atomic mass is 9.58. The van der Waals surface area contributed by atoms with Gasteiger partial charge in [-0.2, -0.15) is 0 Å². The summed E-state index contributed by atoms with van der Waals surface area (Å²) in [6, 6.07) is 0. The number of fused-ring (bicyclic) bond motifs is 10. The molecule has 0 amide bonds. The first kappa shape index (κ1) is 61.5. The minimum atomic E-state index is -0.622. The number of phenolic OH excluding ortho intramolecular Hbond substituents is 1. The molecule has 36 heteroatoms. The molecule has 0 aliphatic heterocycles. The monoisotopic (exact) mass is 1050 g/mol. The highest BCUT2D eigenvalue weighted by Crippen LogP contribution is 2.40. The Bertz CT molecular complexity index is 5220. The van der Waals surface area contributed by atoms with Gasteiger partial charge >= 0.3 is 0 Å². The third-order valence-corrected chi connectivity index (χ3v) is 17.5. The van der Waals surface area contributed by atoms with Crippen molar-refractivity contribution in [2.24, 2.45) is 0 Å². The predicted octanol–water partition coefficient (Wildman–Crippen LogP) is -21.4. The number of hydrogen-bond donors (Lipinski definition) is 1. The van der Waals surface area contributed by atoms with Crippen molar-refractivity contribution in [3.63, 3.8) is 0 Å². The molecule has 0 atom stereocenters. The van der Waals surface area contributed by atoms with Crippen molar-refractivity contribution >= 4 is 461 Å². The van der Waals surface area contributed by atoms with Crippen LogP contribution in [0.4, 0.5) is 0 Å². The van der Waals surface area contributed by atoms with E-state index >= 15 is 0 Å². The van der Waals surface area contributed by atoms with Gasteiger partial charge in [-0.05, 0) is 38.3 Å². The van der Waals surface area contributed by atoms with E-state index in [0.29, 0.717) is 25.6 Å². The molecule has 330 valence electrons. The van der Waals surface area contributed by atoms with Crippen LogP contribution >= 0.6 is 11.3 Å². The van der Waals surface area contributed by atoms with Gasteiger partial charge in [0.1, 0.15) is 244 Å². The summed E-state index contributed by atoms with van der Waals surface area (Å²) in [7, 11) is 194. The minimum Gasteiger partial charge on any atom is -0.509 e. The second-order valence-corrected chi connectivity index (χ2v) is 21.7. The molecular weight excluding hydrogens is 1050 g/mol. The Morgan fingerprint density at radius 3 is 1.09 bits per heavy atom.